The largest absolute Gasteiger partial charge is 0.450 e. The van der Waals surface area contributed by atoms with Crippen molar-refractivity contribution in [3.63, 3.8) is 0 Å². The van der Waals surface area contributed by atoms with Crippen LogP contribution in [0, 0.1) is 0 Å². The number of guanidine groups is 1. The van der Waals surface area contributed by atoms with Crippen LogP contribution in [0.5, 0.6) is 0 Å². The lowest BCUT2D eigenvalue weighted by Crippen LogP contribution is -2.49. The molecule has 3 rings (SSSR count). The average molecular weight is 486 g/mol. The molecule has 150 valence electrons. The van der Waals surface area contributed by atoms with Gasteiger partial charge in [-0.3, -0.25) is 4.99 Å². The maximum Gasteiger partial charge on any atom is 0.409 e. The van der Waals surface area contributed by atoms with Gasteiger partial charge in [-0.05, 0) is 38.2 Å². The van der Waals surface area contributed by atoms with Crippen molar-refractivity contribution in [3.8, 4) is 0 Å². The summed E-state index contributed by atoms with van der Waals surface area (Å²) in [6.45, 7) is 4.36. The van der Waals surface area contributed by atoms with Crippen molar-refractivity contribution in [2.75, 3.05) is 26.2 Å². The first-order valence-corrected chi connectivity index (χ1v) is 9.67. The zero-order valence-corrected chi connectivity index (χ0v) is 18.4. The van der Waals surface area contributed by atoms with Crippen LogP contribution in [-0.2, 0) is 10.2 Å². The molecule has 0 spiro atoms. The molecule has 1 saturated heterocycles. The van der Waals surface area contributed by atoms with Crippen LogP contribution in [0.4, 0.5) is 4.79 Å². The van der Waals surface area contributed by atoms with E-state index in [1.807, 2.05) is 6.92 Å². The Morgan fingerprint density at radius 3 is 2.52 bits per heavy atom. The van der Waals surface area contributed by atoms with E-state index in [4.69, 9.17) is 10.5 Å². The van der Waals surface area contributed by atoms with E-state index in [2.05, 4.69) is 40.6 Å². The number of amides is 1. The molecule has 1 heterocycles. The Bertz CT molecular complexity index is 626. The molecule has 2 fully saturated rings. The van der Waals surface area contributed by atoms with Gasteiger partial charge in [-0.1, -0.05) is 36.8 Å². The van der Waals surface area contributed by atoms with Gasteiger partial charge in [0.25, 0.3) is 0 Å². The highest BCUT2D eigenvalue weighted by Crippen LogP contribution is 2.43. The standard InChI is InChI=1S/C20H30N4O2.HI/c1-2-26-19(25)24-13-9-17(10-14-24)23-18(21)22-15-20(11-6-12-20)16-7-4-3-5-8-16;/h3-5,7-8,17H,2,6,9-15H2,1H3,(H3,21,22,23);1H. The number of nitrogens with zero attached hydrogens (tertiary/aromatic N) is 2. The quantitative estimate of drug-likeness (QED) is 0.381. The lowest BCUT2D eigenvalue weighted by molar-refractivity contribution is 0.0963. The van der Waals surface area contributed by atoms with Gasteiger partial charge in [-0.2, -0.15) is 0 Å². The van der Waals surface area contributed by atoms with E-state index in [0.717, 1.165) is 19.4 Å². The van der Waals surface area contributed by atoms with Crippen molar-refractivity contribution in [2.24, 2.45) is 10.7 Å². The minimum atomic E-state index is -0.220. The Kier molecular flexibility index (Phi) is 8.19. The van der Waals surface area contributed by atoms with Gasteiger partial charge in [0.05, 0.1) is 13.2 Å². The zero-order valence-electron chi connectivity index (χ0n) is 16.0. The summed E-state index contributed by atoms with van der Waals surface area (Å²) in [5.41, 5.74) is 7.66. The third kappa shape index (κ3) is 5.49. The number of aliphatic imine (C=N–C) groups is 1. The van der Waals surface area contributed by atoms with E-state index in [1.54, 1.807) is 4.90 Å². The predicted molar refractivity (Wildman–Crippen MR) is 119 cm³/mol. The summed E-state index contributed by atoms with van der Waals surface area (Å²) in [4.78, 5) is 18.2. The van der Waals surface area contributed by atoms with Gasteiger partial charge >= 0.3 is 6.09 Å². The number of hydrogen-bond acceptors (Lipinski definition) is 3. The molecule has 1 amide bonds. The summed E-state index contributed by atoms with van der Waals surface area (Å²) < 4.78 is 5.05. The third-order valence-electron chi connectivity index (χ3n) is 5.62. The molecule has 2 aliphatic rings. The minimum absolute atomic E-state index is 0. The second-order valence-corrected chi connectivity index (χ2v) is 7.31. The van der Waals surface area contributed by atoms with Crippen LogP contribution in [0.3, 0.4) is 0 Å². The molecule has 1 aliphatic carbocycles. The summed E-state index contributed by atoms with van der Waals surface area (Å²) in [6.07, 6.45) is 5.10. The summed E-state index contributed by atoms with van der Waals surface area (Å²) in [5.74, 6) is 0.516. The molecular formula is C20H31IN4O2. The van der Waals surface area contributed by atoms with E-state index in [-0.39, 0.29) is 41.5 Å². The molecule has 0 bridgehead atoms. The van der Waals surface area contributed by atoms with Gasteiger partial charge in [-0.25, -0.2) is 4.79 Å². The maximum atomic E-state index is 11.7. The van der Waals surface area contributed by atoms with Crippen molar-refractivity contribution in [2.45, 2.75) is 50.5 Å². The van der Waals surface area contributed by atoms with Gasteiger partial charge in [0.2, 0.25) is 0 Å². The van der Waals surface area contributed by atoms with Crippen LogP contribution >= 0.6 is 24.0 Å². The zero-order chi connectivity index (χ0) is 18.4. The second kappa shape index (κ2) is 10.1. The monoisotopic (exact) mass is 486 g/mol. The van der Waals surface area contributed by atoms with Crippen molar-refractivity contribution in [3.05, 3.63) is 35.9 Å². The number of ether oxygens (including phenoxy) is 1. The van der Waals surface area contributed by atoms with E-state index in [0.29, 0.717) is 25.7 Å². The molecule has 1 aromatic carbocycles. The minimum Gasteiger partial charge on any atom is -0.450 e. The van der Waals surface area contributed by atoms with Crippen molar-refractivity contribution < 1.29 is 9.53 Å². The molecule has 6 nitrogen and oxygen atoms in total. The van der Waals surface area contributed by atoms with Gasteiger partial charge in [0, 0.05) is 24.5 Å². The Labute approximate surface area is 178 Å². The average Bonchev–Trinajstić information content (AvgIpc) is 2.62. The number of rotatable bonds is 5. The molecule has 0 aromatic heterocycles. The van der Waals surface area contributed by atoms with Crippen LogP contribution in [0.2, 0.25) is 0 Å². The first-order valence-electron chi connectivity index (χ1n) is 9.67. The van der Waals surface area contributed by atoms with Gasteiger partial charge in [0.15, 0.2) is 5.96 Å². The van der Waals surface area contributed by atoms with E-state index in [1.165, 1.54) is 24.8 Å². The van der Waals surface area contributed by atoms with Crippen LogP contribution in [0.1, 0.15) is 44.6 Å². The molecule has 27 heavy (non-hydrogen) atoms. The molecule has 0 radical (unpaired) electrons. The maximum absolute atomic E-state index is 11.7. The number of nitrogens with one attached hydrogen (secondary N) is 1. The fourth-order valence-electron chi connectivity index (χ4n) is 3.85. The highest BCUT2D eigenvalue weighted by Gasteiger charge is 2.38. The number of carbonyl (C=O) groups excluding carboxylic acids is 1. The summed E-state index contributed by atoms with van der Waals surface area (Å²) in [6, 6.07) is 10.9. The SMILES string of the molecule is CCOC(=O)N1CCC(NC(N)=NCC2(c3ccccc3)CCC2)CC1.I. The van der Waals surface area contributed by atoms with Crippen molar-refractivity contribution in [1.82, 2.24) is 10.2 Å². The second-order valence-electron chi connectivity index (χ2n) is 7.31. The summed E-state index contributed by atoms with van der Waals surface area (Å²) in [7, 11) is 0. The summed E-state index contributed by atoms with van der Waals surface area (Å²) >= 11 is 0. The Morgan fingerprint density at radius 2 is 1.96 bits per heavy atom. The Balaban J connectivity index is 0.00000261. The highest BCUT2D eigenvalue weighted by molar-refractivity contribution is 14.0. The highest BCUT2D eigenvalue weighted by atomic mass is 127. The van der Waals surface area contributed by atoms with Crippen LogP contribution < -0.4 is 11.1 Å². The fourth-order valence-corrected chi connectivity index (χ4v) is 3.85. The fraction of sp³-hybridized carbons (Fsp3) is 0.600. The van der Waals surface area contributed by atoms with Crippen molar-refractivity contribution >= 4 is 36.0 Å². The number of hydrogen-bond donors (Lipinski definition) is 2. The number of likely N-dealkylation sites (tertiary alicyclic amines) is 1. The first-order chi connectivity index (χ1) is 12.6. The smallest absolute Gasteiger partial charge is 0.409 e. The molecule has 1 aromatic rings. The topological polar surface area (TPSA) is 80.0 Å². The molecule has 0 unspecified atom stereocenters. The predicted octanol–water partition coefficient (Wildman–Crippen LogP) is 3.25. The number of halogens is 1. The number of nitrogens with two attached hydrogens (primary N) is 1. The number of carbonyl (C=O) groups is 1. The Hall–Kier alpha value is -1.51. The van der Waals surface area contributed by atoms with Gasteiger partial charge < -0.3 is 20.7 Å². The molecule has 1 saturated carbocycles. The molecule has 7 heteroatoms. The van der Waals surface area contributed by atoms with E-state index in [9.17, 15) is 4.79 Å². The number of benzene rings is 1. The van der Waals surface area contributed by atoms with Crippen molar-refractivity contribution in [1.29, 1.82) is 0 Å². The van der Waals surface area contributed by atoms with E-state index >= 15 is 0 Å². The third-order valence-corrected chi connectivity index (χ3v) is 5.62. The molecule has 1 aliphatic heterocycles. The van der Waals surface area contributed by atoms with Gasteiger partial charge in [-0.15, -0.1) is 24.0 Å². The van der Waals surface area contributed by atoms with Crippen LogP contribution in [0.25, 0.3) is 0 Å². The van der Waals surface area contributed by atoms with Crippen LogP contribution in [-0.4, -0.2) is 49.2 Å². The van der Waals surface area contributed by atoms with E-state index < -0.39 is 0 Å². The number of piperidine rings is 1. The lowest BCUT2D eigenvalue weighted by atomic mass is 9.64. The first kappa shape index (κ1) is 21.8. The molecule has 0 atom stereocenters. The molecule has 3 N–H and O–H groups in total. The van der Waals surface area contributed by atoms with Crippen LogP contribution in [0.15, 0.2) is 35.3 Å². The molecular weight excluding hydrogens is 455 g/mol. The summed E-state index contributed by atoms with van der Waals surface area (Å²) in [5, 5.41) is 3.33. The van der Waals surface area contributed by atoms with Gasteiger partial charge in [0.1, 0.15) is 0 Å². The lowest BCUT2D eigenvalue weighted by Gasteiger charge is -2.41. The Morgan fingerprint density at radius 1 is 1.30 bits per heavy atom. The normalized spacial score (nSPS) is 19.6.